The van der Waals surface area contributed by atoms with Gasteiger partial charge in [-0.05, 0) is 6.54 Å². The summed E-state index contributed by atoms with van der Waals surface area (Å²) in [6, 6.07) is 0. The second-order valence-electron chi connectivity index (χ2n) is 3.31. The highest BCUT2D eigenvalue weighted by atomic mass is 16.7. The normalized spacial score (nSPS) is 42.0. The van der Waals surface area contributed by atoms with Crippen molar-refractivity contribution in [2.75, 3.05) is 26.2 Å². The Morgan fingerprint density at radius 3 is 2.92 bits per heavy atom. The van der Waals surface area contributed by atoms with Crippen LogP contribution in [0.25, 0.3) is 0 Å². The van der Waals surface area contributed by atoms with E-state index in [-0.39, 0.29) is 25.1 Å². The van der Waals surface area contributed by atoms with Gasteiger partial charge >= 0.3 is 0 Å². The number of hydrogen-bond acceptors (Lipinski definition) is 4. The van der Waals surface area contributed by atoms with Gasteiger partial charge in [0.1, 0.15) is 12.2 Å². The molecule has 0 spiro atoms. The Labute approximate surface area is 72.1 Å². The molecular formula is C8H15NO3. The molecule has 2 aliphatic heterocycles. The van der Waals surface area contributed by atoms with E-state index >= 15 is 0 Å². The SMILES string of the molecule is CCN1C[C@H]2O[C@@H](C1)[C@@H](CO)O2. The van der Waals surface area contributed by atoms with Crippen molar-refractivity contribution in [3.8, 4) is 0 Å². The van der Waals surface area contributed by atoms with Gasteiger partial charge in [0.2, 0.25) is 0 Å². The lowest BCUT2D eigenvalue weighted by Gasteiger charge is -2.29. The first-order chi connectivity index (χ1) is 5.83. The number of likely N-dealkylation sites (N-methyl/N-ethyl adjacent to an activating group) is 1. The van der Waals surface area contributed by atoms with Gasteiger partial charge in [0.05, 0.1) is 6.61 Å². The molecule has 2 bridgehead atoms. The fourth-order valence-electron chi connectivity index (χ4n) is 1.80. The molecule has 2 saturated heterocycles. The smallest absolute Gasteiger partial charge is 0.171 e. The van der Waals surface area contributed by atoms with Crippen LogP contribution in [-0.2, 0) is 9.47 Å². The molecule has 0 aliphatic carbocycles. The summed E-state index contributed by atoms with van der Waals surface area (Å²) >= 11 is 0. The van der Waals surface area contributed by atoms with E-state index in [1.54, 1.807) is 0 Å². The molecule has 4 heteroatoms. The zero-order chi connectivity index (χ0) is 8.55. The van der Waals surface area contributed by atoms with Crippen molar-refractivity contribution in [2.45, 2.75) is 25.4 Å². The summed E-state index contributed by atoms with van der Waals surface area (Å²) in [5.41, 5.74) is 0. The van der Waals surface area contributed by atoms with Crippen LogP contribution in [0.4, 0.5) is 0 Å². The molecule has 0 aromatic rings. The molecule has 3 atom stereocenters. The Kier molecular flexibility index (Phi) is 2.32. The van der Waals surface area contributed by atoms with Crippen molar-refractivity contribution >= 4 is 0 Å². The average molecular weight is 173 g/mol. The summed E-state index contributed by atoms with van der Waals surface area (Å²) in [6.07, 6.45) is -0.138. The van der Waals surface area contributed by atoms with Crippen LogP contribution in [0.5, 0.6) is 0 Å². The number of rotatable bonds is 2. The predicted octanol–water partition coefficient (Wildman–Crippen LogP) is -0.576. The summed E-state index contributed by atoms with van der Waals surface area (Å²) in [6.45, 7) is 4.94. The first-order valence-electron chi connectivity index (χ1n) is 4.47. The number of fused-ring (bicyclic) bond motifs is 2. The Balaban J connectivity index is 1.98. The second-order valence-corrected chi connectivity index (χ2v) is 3.31. The molecule has 0 amide bonds. The number of ether oxygens (including phenoxy) is 2. The van der Waals surface area contributed by atoms with Gasteiger partial charge in [-0.15, -0.1) is 0 Å². The van der Waals surface area contributed by atoms with Gasteiger partial charge in [-0.2, -0.15) is 0 Å². The molecule has 0 unspecified atom stereocenters. The lowest BCUT2D eigenvalue weighted by Crippen LogP contribution is -2.44. The molecular weight excluding hydrogens is 158 g/mol. The van der Waals surface area contributed by atoms with Crippen LogP contribution >= 0.6 is 0 Å². The van der Waals surface area contributed by atoms with Gasteiger partial charge in [-0.25, -0.2) is 0 Å². The Morgan fingerprint density at radius 1 is 1.42 bits per heavy atom. The molecule has 2 aliphatic rings. The van der Waals surface area contributed by atoms with Crippen molar-refractivity contribution < 1.29 is 14.6 Å². The van der Waals surface area contributed by atoms with Crippen LogP contribution in [0.15, 0.2) is 0 Å². The Bertz CT molecular complexity index is 162. The average Bonchev–Trinajstić information content (AvgIpc) is 2.40. The fourth-order valence-corrected chi connectivity index (χ4v) is 1.80. The van der Waals surface area contributed by atoms with Crippen LogP contribution in [0.1, 0.15) is 6.92 Å². The zero-order valence-corrected chi connectivity index (χ0v) is 7.27. The van der Waals surface area contributed by atoms with E-state index in [0.29, 0.717) is 0 Å². The molecule has 4 nitrogen and oxygen atoms in total. The highest BCUT2D eigenvalue weighted by Gasteiger charge is 2.41. The lowest BCUT2D eigenvalue weighted by molar-refractivity contribution is -0.110. The topological polar surface area (TPSA) is 41.9 Å². The van der Waals surface area contributed by atoms with Gasteiger partial charge in [-0.1, -0.05) is 6.92 Å². The van der Waals surface area contributed by atoms with Gasteiger partial charge in [0.25, 0.3) is 0 Å². The minimum absolute atomic E-state index is 0.0682. The van der Waals surface area contributed by atoms with Crippen molar-refractivity contribution in [1.82, 2.24) is 4.90 Å². The molecule has 0 aromatic carbocycles. The molecule has 12 heavy (non-hydrogen) atoms. The molecule has 2 heterocycles. The zero-order valence-electron chi connectivity index (χ0n) is 7.27. The molecule has 0 radical (unpaired) electrons. The van der Waals surface area contributed by atoms with Crippen LogP contribution in [0.3, 0.4) is 0 Å². The van der Waals surface area contributed by atoms with Gasteiger partial charge in [0, 0.05) is 13.1 Å². The standard InChI is InChI=1S/C8H15NO3/c1-2-9-3-6-7(5-10)12-8(4-9)11-6/h6-8,10H,2-5H2,1H3/t6-,7+,8-/m0/s1. The third-order valence-electron chi connectivity index (χ3n) is 2.54. The summed E-state index contributed by atoms with van der Waals surface area (Å²) in [5.74, 6) is 0. The van der Waals surface area contributed by atoms with Crippen LogP contribution in [0, 0.1) is 0 Å². The second kappa shape index (κ2) is 3.30. The highest BCUT2D eigenvalue weighted by Crippen LogP contribution is 2.24. The van der Waals surface area contributed by atoms with E-state index in [1.165, 1.54) is 0 Å². The number of nitrogens with zero attached hydrogens (tertiary/aromatic N) is 1. The summed E-state index contributed by atoms with van der Waals surface area (Å²) in [7, 11) is 0. The quantitative estimate of drug-likeness (QED) is 0.607. The van der Waals surface area contributed by atoms with Gasteiger partial charge in [0.15, 0.2) is 6.29 Å². The minimum atomic E-state index is -0.110. The van der Waals surface area contributed by atoms with Crippen molar-refractivity contribution in [2.24, 2.45) is 0 Å². The number of aliphatic hydroxyl groups is 1. The van der Waals surface area contributed by atoms with Crippen LogP contribution < -0.4 is 0 Å². The summed E-state index contributed by atoms with van der Waals surface area (Å²) < 4.78 is 11.0. The highest BCUT2D eigenvalue weighted by molar-refractivity contribution is 4.85. The van der Waals surface area contributed by atoms with Gasteiger partial charge < -0.3 is 14.6 Å². The molecule has 1 N–H and O–H groups in total. The van der Waals surface area contributed by atoms with Crippen molar-refractivity contribution in [1.29, 1.82) is 0 Å². The van der Waals surface area contributed by atoms with E-state index in [2.05, 4.69) is 11.8 Å². The number of hydrogen-bond donors (Lipinski definition) is 1. The van der Waals surface area contributed by atoms with E-state index in [1.807, 2.05) is 0 Å². The molecule has 2 fully saturated rings. The maximum atomic E-state index is 8.95. The Morgan fingerprint density at radius 2 is 2.25 bits per heavy atom. The third kappa shape index (κ3) is 1.35. The monoisotopic (exact) mass is 173 g/mol. The van der Waals surface area contributed by atoms with Crippen molar-refractivity contribution in [3.63, 3.8) is 0 Å². The number of morpholine rings is 1. The van der Waals surface area contributed by atoms with E-state index < -0.39 is 0 Å². The summed E-state index contributed by atoms with van der Waals surface area (Å²) in [5, 5.41) is 8.95. The minimum Gasteiger partial charge on any atom is -0.394 e. The van der Waals surface area contributed by atoms with Crippen molar-refractivity contribution in [3.05, 3.63) is 0 Å². The summed E-state index contributed by atoms with van der Waals surface area (Å²) in [4.78, 5) is 2.29. The maximum Gasteiger partial charge on any atom is 0.171 e. The third-order valence-corrected chi connectivity index (χ3v) is 2.54. The fraction of sp³-hybridized carbons (Fsp3) is 1.00. The molecule has 2 rings (SSSR count). The van der Waals surface area contributed by atoms with E-state index in [0.717, 1.165) is 19.6 Å². The first-order valence-corrected chi connectivity index (χ1v) is 4.47. The van der Waals surface area contributed by atoms with Gasteiger partial charge in [-0.3, -0.25) is 4.90 Å². The maximum absolute atomic E-state index is 8.95. The molecule has 70 valence electrons. The van der Waals surface area contributed by atoms with E-state index in [4.69, 9.17) is 14.6 Å². The Hall–Kier alpha value is -0.160. The lowest BCUT2D eigenvalue weighted by atomic mass is 10.2. The first kappa shape index (κ1) is 8.44. The predicted molar refractivity (Wildman–Crippen MR) is 42.7 cm³/mol. The largest absolute Gasteiger partial charge is 0.394 e. The van der Waals surface area contributed by atoms with E-state index in [9.17, 15) is 0 Å². The molecule has 0 saturated carbocycles. The van der Waals surface area contributed by atoms with Crippen LogP contribution in [0.2, 0.25) is 0 Å². The molecule has 0 aromatic heterocycles. The number of aliphatic hydroxyl groups excluding tert-OH is 1. The van der Waals surface area contributed by atoms with Crippen LogP contribution in [-0.4, -0.2) is 54.7 Å².